The Morgan fingerprint density at radius 1 is 0.325 bits per heavy atom. The van der Waals surface area contributed by atoms with Crippen LogP contribution < -0.4 is 0 Å². The second-order valence-corrected chi connectivity index (χ2v) is 679. The van der Waals surface area contributed by atoms with Crippen molar-refractivity contribution in [1.82, 2.24) is 0 Å². The summed E-state index contributed by atoms with van der Waals surface area (Å²) >= 11 is 44.3. The Balaban J connectivity index is 5.77. The summed E-state index contributed by atoms with van der Waals surface area (Å²) in [6.07, 6.45) is 0. The van der Waals surface area contributed by atoms with Crippen molar-refractivity contribution in [2.45, 2.75) is 0 Å². The molecule has 0 N–H and O–H groups in total. The van der Waals surface area contributed by atoms with Crippen LogP contribution in [0.2, 0.25) is 0 Å². The van der Waals surface area contributed by atoms with Crippen LogP contribution in [0.4, 0.5) is 0 Å². The fraction of sp³-hybridized carbons (Fsp3) is 0. The van der Waals surface area contributed by atoms with Gasteiger partial charge >= 0.3 is 469 Å². The van der Waals surface area contributed by atoms with Gasteiger partial charge in [0.25, 0.3) is 0 Å². The van der Waals surface area contributed by atoms with Crippen LogP contribution in [0.1, 0.15) is 0 Å². The molecule has 0 rings (SSSR count). The van der Waals surface area contributed by atoms with Gasteiger partial charge in [-0.05, 0) is 0 Å². The van der Waals surface area contributed by atoms with Crippen LogP contribution in [0.3, 0.4) is 0 Å². The molecule has 0 aliphatic rings. The van der Waals surface area contributed by atoms with Crippen LogP contribution in [-0.2, 0) is 0 Å². The van der Waals surface area contributed by atoms with Gasteiger partial charge in [-0.25, -0.2) is 0 Å². The Hall–Kier alpha value is 25.3. The van der Waals surface area contributed by atoms with Crippen LogP contribution >= 0.6 is 469 Å². The van der Waals surface area contributed by atoms with E-state index >= 15 is 0 Å². The zero-order chi connectivity index (χ0) is 32.0. The van der Waals surface area contributed by atoms with E-state index in [9.17, 15) is 0 Å². The molecule has 40 heavy (non-hydrogen) atoms. The van der Waals surface area contributed by atoms with Gasteiger partial charge in [0, 0.05) is 0 Å². The van der Waals surface area contributed by atoms with Crippen molar-refractivity contribution in [2.24, 2.45) is 0 Å². The van der Waals surface area contributed by atoms with E-state index in [-0.39, 0.29) is 34.9 Å². The van der Waals surface area contributed by atoms with Gasteiger partial charge in [-0.15, -0.1) is 0 Å². The molecule has 0 saturated carbocycles. The van der Waals surface area contributed by atoms with Crippen molar-refractivity contribution in [1.29, 1.82) is 0 Å². The molecular weight excluding hydrogens is 3830 g/mol. The Kier molecular flexibility index (Phi) is 62.1. The van der Waals surface area contributed by atoms with E-state index in [1.807, 2.05) is 0 Å². The number of rotatable bonds is 18. The first-order valence-corrected chi connectivity index (χ1v) is 196. The minimum absolute atomic E-state index is 0.0713. The molecular formula is H14I27P13. The van der Waals surface area contributed by atoms with E-state index in [0.29, 0.717) is 4.94 Å². The van der Waals surface area contributed by atoms with Gasteiger partial charge in [0.2, 0.25) is 0 Å². The van der Waals surface area contributed by atoms with Crippen molar-refractivity contribution >= 4 is 469 Å². The Bertz CT molecular complexity index is 685. The summed E-state index contributed by atoms with van der Waals surface area (Å²) in [6, 6.07) is 0. The molecule has 9 unspecified atom stereocenters. The summed E-state index contributed by atoms with van der Waals surface area (Å²) in [5, 5.41) is 0. The molecule has 0 spiro atoms. The molecule has 0 aromatic carbocycles. The Labute approximate surface area is 446 Å². The monoisotopic (exact) mass is 3840 g/mol. The average molecular weight is 3840 g/mol. The molecule has 0 aliphatic carbocycles. The zero-order valence-corrected chi connectivity index (χ0v) is 88.6. The second kappa shape index (κ2) is 38.0. The fourth-order valence-electron chi connectivity index (χ4n) is 0.952. The fourth-order valence-corrected chi connectivity index (χ4v) is 4910. The first kappa shape index (κ1) is 65.3. The van der Waals surface area contributed by atoms with Crippen LogP contribution in [0.5, 0.6) is 0 Å². The van der Waals surface area contributed by atoms with Crippen LogP contribution in [0.15, 0.2) is 0 Å². The molecule has 0 aromatic heterocycles. The summed E-state index contributed by atoms with van der Waals surface area (Å²) < 4.78 is 0. The molecule has 9 atom stereocenters. The van der Waals surface area contributed by atoms with Crippen LogP contribution in [-0.4, -0.2) is 0 Å². The quantitative estimate of drug-likeness (QED) is 0.0948. The first-order chi connectivity index (χ1) is 18.1. The predicted octanol–water partition coefficient (Wildman–Crippen LogP) is 31.4. The normalized spacial score (nSPS) is 18.7. The molecule has 268 valence electrons. The second-order valence-electron chi connectivity index (χ2n) is 4.09. The molecule has 0 bridgehead atoms. The molecule has 0 aliphatic heterocycles. The van der Waals surface area contributed by atoms with E-state index < -0.39 is 106 Å². The molecule has 0 aromatic rings. The minimum atomic E-state index is -0.849. The van der Waals surface area contributed by atoms with E-state index in [4.69, 9.17) is 0 Å². The van der Waals surface area contributed by atoms with Crippen molar-refractivity contribution < 1.29 is 0 Å². The summed E-state index contributed by atoms with van der Waals surface area (Å²) in [5.41, 5.74) is 0. The SMILES string of the molecule is PP(P)P(P)P(P(P(P)P)P(P)P)I(I)I(I)I(I)I(I)I(I)I(I)I(I)I(I)I(I)I(I)I(I)I(I)I(I)I. The van der Waals surface area contributed by atoms with Crippen molar-refractivity contribution in [3.8, 4) is 0 Å². The summed E-state index contributed by atoms with van der Waals surface area (Å²) in [4.78, 5) is 0.323. The third kappa shape index (κ3) is 26.0. The topological polar surface area (TPSA) is 0 Å². The van der Waals surface area contributed by atoms with Crippen molar-refractivity contribution in [2.75, 3.05) is 0 Å². The number of hydrogen-bond acceptors (Lipinski definition) is 0. The maximum absolute atomic E-state index is 3.51. The van der Waals surface area contributed by atoms with E-state index in [1.54, 1.807) is 0 Å². The van der Waals surface area contributed by atoms with Gasteiger partial charge in [0.1, 0.15) is 0 Å². The standard InChI is InChI=1S/H14I27P13/c1-15(2)16(3)17(4)18(5)19(6)20(7)21(8)22(9)23(10)24(11)25(12)26(13)27(14)35(39(34)36(28)29)40(37(30)31)38(32)33/h28-34H2. The predicted molar refractivity (Wildman–Crippen MR) is 488 cm³/mol. The first-order valence-electron chi connectivity index (χ1n) is 6.69. The van der Waals surface area contributed by atoms with Gasteiger partial charge in [-0.2, -0.15) is 0 Å². The molecule has 0 heterocycles. The van der Waals surface area contributed by atoms with E-state index in [1.165, 1.54) is 0 Å². The Morgan fingerprint density at radius 2 is 0.575 bits per heavy atom. The molecule has 0 amide bonds. The van der Waals surface area contributed by atoms with Crippen molar-refractivity contribution in [3.05, 3.63) is 0 Å². The van der Waals surface area contributed by atoms with Crippen LogP contribution in [0, 0.1) is 0 Å². The summed E-state index contributed by atoms with van der Waals surface area (Å²) in [7, 11) is 16.5. The molecule has 40 heteroatoms. The van der Waals surface area contributed by atoms with Gasteiger partial charge in [0.05, 0.1) is 0 Å². The van der Waals surface area contributed by atoms with Gasteiger partial charge < -0.3 is 0 Å². The average Bonchev–Trinajstić information content (AvgIpc) is 2.89. The van der Waals surface area contributed by atoms with Crippen molar-refractivity contribution in [3.63, 3.8) is 0 Å². The third-order valence-electron chi connectivity index (χ3n) is 2.07. The summed E-state index contributed by atoms with van der Waals surface area (Å²) in [6.45, 7) is 0.599. The van der Waals surface area contributed by atoms with E-state index in [0.717, 1.165) is 0 Å². The summed E-state index contributed by atoms with van der Waals surface area (Å²) in [5.74, 6) is 0. The van der Waals surface area contributed by atoms with Gasteiger partial charge in [-0.1, -0.05) is 0 Å². The number of halogens is 27. The van der Waals surface area contributed by atoms with E-state index in [2.05, 4.69) is 323 Å². The maximum atomic E-state index is 3.51. The Morgan fingerprint density at radius 3 is 0.800 bits per heavy atom. The zero-order valence-electron chi connectivity index (χ0n) is 16.9. The van der Waals surface area contributed by atoms with Gasteiger partial charge in [0.15, 0.2) is 0 Å². The third-order valence-corrected chi connectivity index (χ3v) is 2080. The molecule has 0 radical (unpaired) electrons. The number of hydrogen-bond donors (Lipinski definition) is 0. The van der Waals surface area contributed by atoms with Gasteiger partial charge in [-0.3, -0.25) is 0 Å². The molecule has 0 fully saturated rings. The molecule has 0 saturated heterocycles. The van der Waals surface area contributed by atoms with Crippen LogP contribution in [0.25, 0.3) is 0 Å². The molecule has 0 nitrogen and oxygen atoms in total.